The molecular weight excluding hydrogens is 415 g/mol. The van der Waals surface area contributed by atoms with Crippen LogP contribution in [0.25, 0.3) is 11.1 Å². The quantitative estimate of drug-likeness (QED) is 0.700. The molecule has 4 rings (SSSR count). The molecular formula is C24H29FN2O3S. The SMILES string of the molecule is CC1CCCN1CC1CCCN1C(=O)c1ccc(-c2ccc(S(C)(=O)=O)cc2)cc1F. The van der Waals surface area contributed by atoms with E-state index in [1.165, 1.54) is 31.0 Å². The second-order valence-electron chi connectivity index (χ2n) is 8.77. The van der Waals surface area contributed by atoms with Crippen LogP contribution >= 0.6 is 0 Å². The van der Waals surface area contributed by atoms with Gasteiger partial charge in [0.1, 0.15) is 5.82 Å². The number of sulfone groups is 1. The first-order valence-electron chi connectivity index (χ1n) is 10.9. The summed E-state index contributed by atoms with van der Waals surface area (Å²) in [6, 6.07) is 11.6. The minimum absolute atomic E-state index is 0.0953. The van der Waals surface area contributed by atoms with E-state index >= 15 is 0 Å². The molecule has 0 spiro atoms. The zero-order valence-corrected chi connectivity index (χ0v) is 18.9. The first-order valence-corrected chi connectivity index (χ1v) is 12.8. The average Bonchev–Trinajstić information content (AvgIpc) is 3.36. The van der Waals surface area contributed by atoms with Gasteiger partial charge in [-0.2, -0.15) is 0 Å². The van der Waals surface area contributed by atoms with Gasteiger partial charge in [-0.3, -0.25) is 9.69 Å². The Morgan fingerprint density at radius 3 is 2.32 bits per heavy atom. The average molecular weight is 445 g/mol. The Balaban J connectivity index is 1.51. The lowest BCUT2D eigenvalue weighted by atomic mass is 10.0. The number of hydrogen-bond donors (Lipinski definition) is 0. The number of likely N-dealkylation sites (tertiary alicyclic amines) is 2. The molecule has 0 aromatic heterocycles. The molecule has 0 radical (unpaired) electrons. The fourth-order valence-corrected chi connectivity index (χ4v) is 5.38. The van der Waals surface area contributed by atoms with Crippen LogP contribution in [0.2, 0.25) is 0 Å². The smallest absolute Gasteiger partial charge is 0.257 e. The van der Waals surface area contributed by atoms with E-state index in [9.17, 15) is 17.6 Å². The van der Waals surface area contributed by atoms with Crippen LogP contribution in [0.5, 0.6) is 0 Å². The van der Waals surface area contributed by atoms with Gasteiger partial charge < -0.3 is 4.90 Å². The molecule has 0 aliphatic carbocycles. The molecule has 2 saturated heterocycles. The van der Waals surface area contributed by atoms with E-state index in [1.807, 2.05) is 4.90 Å². The van der Waals surface area contributed by atoms with Gasteiger partial charge in [0.15, 0.2) is 9.84 Å². The molecule has 2 aliphatic rings. The molecule has 2 heterocycles. The molecule has 7 heteroatoms. The molecule has 0 bridgehead atoms. The van der Waals surface area contributed by atoms with Crippen LogP contribution in [-0.4, -0.2) is 62.1 Å². The maximum atomic E-state index is 14.9. The molecule has 1 amide bonds. The van der Waals surface area contributed by atoms with Crippen LogP contribution in [0.4, 0.5) is 4.39 Å². The van der Waals surface area contributed by atoms with E-state index in [-0.39, 0.29) is 22.4 Å². The summed E-state index contributed by atoms with van der Waals surface area (Å²) in [6.07, 6.45) is 5.45. The Hall–Kier alpha value is -2.25. The van der Waals surface area contributed by atoms with Gasteiger partial charge in [0.2, 0.25) is 0 Å². The number of hydrogen-bond acceptors (Lipinski definition) is 4. The van der Waals surface area contributed by atoms with E-state index < -0.39 is 15.7 Å². The van der Waals surface area contributed by atoms with Crippen LogP contribution in [0.3, 0.4) is 0 Å². The second-order valence-corrected chi connectivity index (χ2v) is 10.8. The third-order valence-electron chi connectivity index (χ3n) is 6.59. The summed E-state index contributed by atoms with van der Waals surface area (Å²) in [7, 11) is -3.28. The maximum Gasteiger partial charge on any atom is 0.257 e. The van der Waals surface area contributed by atoms with Crippen molar-refractivity contribution in [2.75, 3.05) is 25.9 Å². The van der Waals surface area contributed by atoms with Gasteiger partial charge in [-0.15, -0.1) is 0 Å². The largest absolute Gasteiger partial charge is 0.334 e. The van der Waals surface area contributed by atoms with Crippen molar-refractivity contribution in [3.8, 4) is 11.1 Å². The number of nitrogens with zero attached hydrogens (tertiary/aromatic N) is 2. The Labute approximate surface area is 183 Å². The van der Waals surface area contributed by atoms with Crippen LogP contribution in [0.15, 0.2) is 47.4 Å². The standard InChI is InChI=1S/C24H29FN2O3S/c1-17-5-3-13-26(17)16-20-6-4-14-27(20)24(28)22-12-9-19(15-23(22)25)18-7-10-21(11-8-18)31(2,29)30/h7-12,15,17,20H,3-6,13-14,16H2,1-2H3. The Morgan fingerprint density at radius 1 is 1.03 bits per heavy atom. The molecule has 2 fully saturated rings. The summed E-state index contributed by atoms with van der Waals surface area (Å²) in [5.41, 5.74) is 1.41. The van der Waals surface area contributed by atoms with Gasteiger partial charge >= 0.3 is 0 Å². The fourth-order valence-electron chi connectivity index (χ4n) is 4.74. The van der Waals surface area contributed by atoms with Crippen molar-refractivity contribution in [2.45, 2.75) is 49.6 Å². The minimum Gasteiger partial charge on any atom is -0.334 e. The summed E-state index contributed by atoms with van der Waals surface area (Å²) in [4.78, 5) is 17.6. The maximum absolute atomic E-state index is 14.9. The van der Waals surface area contributed by atoms with Gasteiger partial charge in [0, 0.05) is 31.4 Å². The van der Waals surface area contributed by atoms with Crippen molar-refractivity contribution in [1.82, 2.24) is 9.80 Å². The number of carbonyl (C=O) groups excluding carboxylic acids is 1. The highest BCUT2D eigenvalue weighted by atomic mass is 32.2. The number of amides is 1. The molecule has 2 unspecified atom stereocenters. The summed E-state index contributed by atoms with van der Waals surface area (Å²) in [5, 5.41) is 0. The van der Waals surface area contributed by atoms with Crippen molar-refractivity contribution in [2.24, 2.45) is 0 Å². The molecule has 2 atom stereocenters. The van der Waals surface area contributed by atoms with Crippen molar-refractivity contribution in [3.63, 3.8) is 0 Å². The van der Waals surface area contributed by atoms with Crippen molar-refractivity contribution in [1.29, 1.82) is 0 Å². The van der Waals surface area contributed by atoms with Gasteiger partial charge in [0.25, 0.3) is 5.91 Å². The van der Waals surface area contributed by atoms with Crippen molar-refractivity contribution < 1.29 is 17.6 Å². The first-order chi connectivity index (χ1) is 14.7. The Bertz CT molecular complexity index is 1070. The fraction of sp³-hybridized carbons (Fsp3) is 0.458. The Kier molecular flexibility index (Phi) is 6.17. The van der Waals surface area contributed by atoms with Gasteiger partial charge in [0.05, 0.1) is 10.5 Å². The van der Waals surface area contributed by atoms with E-state index in [1.54, 1.807) is 24.3 Å². The number of rotatable bonds is 5. The van der Waals surface area contributed by atoms with Crippen LogP contribution in [0, 0.1) is 5.82 Å². The highest BCUT2D eigenvalue weighted by molar-refractivity contribution is 7.90. The predicted octanol–water partition coefficient (Wildman–Crippen LogP) is 3.99. The van der Waals surface area contributed by atoms with Crippen molar-refractivity contribution >= 4 is 15.7 Å². The van der Waals surface area contributed by atoms with Crippen LogP contribution < -0.4 is 0 Å². The summed E-state index contributed by atoms with van der Waals surface area (Å²) in [5.74, 6) is -0.791. The highest BCUT2D eigenvalue weighted by Crippen LogP contribution is 2.28. The Morgan fingerprint density at radius 2 is 1.71 bits per heavy atom. The minimum atomic E-state index is -3.28. The molecule has 0 N–H and O–H groups in total. The topological polar surface area (TPSA) is 57.7 Å². The second kappa shape index (κ2) is 8.71. The third kappa shape index (κ3) is 4.67. The zero-order chi connectivity index (χ0) is 22.2. The third-order valence-corrected chi connectivity index (χ3v) is 7.72. The van der Waals surface area contributed by atoms with Gasteiger partial charge in [-0.05, 0) is 74.5 Å². The lowest BCUT2D eigenvalue weighted by Gasteiger charge is -2.31. The molecule has 2 aromatic carbocycles. The van der Waals surface area contributed by atoms with E-state index in [4.69, 9.17) is 0 Å². The van der Waals surface area contributed by atoms with Gasteiger partial charge in [-0.25, -0.2) is 12.8 Å². The summed E-state index contributed by atoms with van der Waals surface area (Å²) >= 11 is 0. The zero-order valence-electron chi connectivity index (χ0n) is 18.1. The molecule has 31 heavy (non-hydrogen) atoms. The number of benzene rings is 2. The lowest BCUT2D eigenvalue weighted by molar-refractivity contribution is 0.0692. The number of carbonyl (C=O) groups is 1. The first kappa shape index (κ1) is 22.0. The highest BCUT2D eigenvalue weighted by Gasteiger charge is 2.33. The van der Waals surface area contributed by atoms with Crippen molar-refractivity contribution in [3.05, 3.63) is 53.8 Å². The number of halogens is 1. The normalized spacial score (nSPS) is 22.2. The van der Waals surface area contributed by atoms with Gasteiger partial charge in [-0.1, -0.05) is 18.2 Å². The van der Waals surface area contributed by atoms with Crippen LogP contribution in [-0.2, 0) is 9.84 Å². The lowest BCUT2D eigenvalue weighted by Crippen LogP contribution is -2.44. The van der Waals surface area contributed by atoms with E-state index in [2.05, 4.69) is 11.8 Å². The van der Waals surface area contributed by atoms with E-state index in [0.29, 0.717) is 23.7 Å². The molecule has 2 aliphatic heterocycles. The molecule has 0 saturated carbocycles. The van der Waals surface area contributed by atoms with E-state index in [0.717, 1.165) is 32.2 Å². The summed E-state index contributed by atoms with van der Waals surface area (Å²) in [6.45, 7) is 4.83. The monoisotopic (exact) mass is 444 g/mol. The predicted molar refractivity (Wildman–Crippen MR) is 119 cm³/mol. The summed E-state index contributed by atoms with van der Waals surface area (Å²) < 4.78 is 38.2. The molecule has 2 aromatic rings. The molecule has 5 nitrogen and oxygen atoms in total. The molecule has 166 valence electrons. The van der Waals surface area contributed by atoms with Crippen LogP contribution in [0.1, 0.15) is 43.0 Å².